The lowest BCUT2D eigenvalue weighted by Gasteiger charge is -2.32. The van der Waals surface area contributed by atoms with Crippen LogP contribution >= 0.6 is 0 Å². The summed E-state index contributed by atoms with van der Waals surface area (Å²) in [5.74, 6) is 1.24. The fraction of sp³-hybridized carbons (Fsp3) is 0.385. The second kappa shape index (κ2) is 8.41. The standard InChI is InChI=1S/C26H27FN4O/c1-2-24-29-15-19(16-30-24)25(32)31-26(10-11-26)14-17-3-5-18(6-4-17)21-9-12-28-23-8-7-20(27)13-22(21)23/h2,7-9,12-13,15-18H,1,3-6,10-11,14H2,(H,31,32)/t17-,18+. The lowest BCUT2D eigenvalue weighted by Crippen LogP contribution is -2.39. The summed E-state index contributed by atoms with van der Waals surface area (Å²) >= 11 is 0. The molecule has 2 saturated carbocycles. The Morgan fingerprint density at radius 3 is 2.56 bits per heavy atom. The highest BCUT2D eigenvalue weighted by Gasteiger charge is 2.46. The molecule has 5 rings (SSSR count). The van der Waals surface area contributed by atoms with Crippen molar-refractivity contribution in [2.24, 2.45) is 5.92 Å². The molecule has 0 bridgehead atoms. The van der Waals surface area contributed by atoms with E-state index in [2.05, 4.69) is 32.9 Å². The number of fused-ring (bicyclic) bond motifs is 1. The largest absolute Gasteiger partial charge is 0.346 e. The van der Waals surface area contributed by atoms with Crippen molar-refractivity contribution in [2.45, 2.75) is 56.4 Å². The van der Waals surface area contributed by atoms with Gasteiger partial charge in [0.15, 0.2) is 5.82 Å². The lowest BCUT2D eigenvalue weighted by molar-refractivity contribution is 0.0920. The Bertz CT molecular complexity index is 1150. The third kappa shape index (κ3) is 4.27. The number of carbonyl (C=O) groups is 1. The second-order valence-electron chi connectivity index (χ2n) is 9.25. The van der Waals surface area contributed by atoms with Crippen LogP contribution < -0.4 is 5.32 Å². The summed E-state index contributed by atoms with van der Waals surface area (Å²) in [4.78, 5) is 25.3. The summed E-state index contributed by atoms with van der Waals surface area (Å²) in [5.41, 5.74) is 2.47. The van der Waals surface area contributed by atoms with E-state index in [1.807, 2.05) is 6.20 Å². The summed E-state index contributed by atoms with van der Waals surface area (Å²) in [5, 5.41) is 4.18. The number of amides is 1. The van der Waals surface area contributed by atoms with Crippen molar-refractivity contribution in [1.82, 2.24) is 20.3 Å². The number of hydrogen-bond acceptors (Lipinski definition) is 4. The quantitative estimate of drug-likeness (QED) is 0.566. The fourth-order valence-corrected chi connectivity index (χ4v) is 5.13. The summed E-state index contributed by atoms with van der Waals surface area (Å²) in [6.07, 6.45) is 14.0. The van der Waals surface area contributed by atoms with Gasteiger partial charge in [-0.2, -0.15) is 0 Å². The summed E-state index contributed by atoms with van der Waals surface area (Å²) in [7, 11) is 0. The number of rotatable bonds is 6. The number of aromatic nitrogens is 3. The molecule has 32 heavy (non-hydrogen) atoms. The molecule has 2 aromatic heterocycles. The molecule has 0 saturated heterocycles. The van der Waals surface area contributed by atoms with Crippen LogP contribution in [0.3, 0.4) is 0 Å². The first kappa shape index (κ1) is 20.7. The van der Waals surface area contributed by atoms with Gasteiger partial charge in [0.2, 0.25) is 0 Å². The Morgan fingerprint density at radius 2 is 1.88 bits per heavy atom. The van der Waals surface area contributed by atoms with Crippen molar-refractivity contribution < 1.29 is 9.18 Å². The maximum absolute atomic E-state index is 13.8. The van der Waals surface area contributed by atoms with Gasteiger partial charge < -0.3 is 5.32 Å². The normalized spacial score (nSPS) is 21.8. The van der Waals surface area contributed by atoms with Crippen LogP contribution in [0.1, 0.15) is 72.6 Å². The molecule has 1 aromatic carbocycles. The van der Waals surface area contributed by atoms with E-state index in [9.17, 15) is 9.18 Å². The smallest absolute Gasteiger partial charge is 0.254 e. The monoisotopic (exact) mass is 430 g/mol. The zero-order valence-electron chi connectivity index (χ0n) is 18.1. The molecule has 0 radical (unpaired) electrons. The average molecular weight is 431 g/mol. The Balaban J connectivity index is 1.20. The van der Waals surface area contributed by atoms with Crippen LogP contribution in [-0.2, 0) is 0 Å². The highest BCUT2D eigenvalue weighted by Crippen LogP contribution is 2.47. The fourth-order valence-electron chi connectivity index (χ4n) is 5.13. The Labute approximate surface area is 187 Å². The van der Waals surface area contributed by atoms with Crippen molar-refractivity contribution >= 4 is 22.9 Å². The number of nitrogens with one attached hydrogen (secondary N) is 1. The van der Waals surface area contributed by atoms with Crippen LogP contribution in [0, 0.1) is 11.7 Å². The Hall–Kier alpha value is -3.15. The molecule has 0 aliphatic heterocycles. The van der Waals surface area contributed by atoms with Crippen LogP contribution in [0.5, 0.6) is 0 Å². The van der Waals surface area contributed by atoms with Gasteiger partial charge in [0.1, 0.15) is 5.82 Å². The molecular weight excluding hydrogens is 403 g/mol. The van der Waals surface area contributed by atoms with Crippen LogP contribution in [0.25, 0.3) is 17.0 Å². The van der Waals surface area contributed by atoms with E-state index < -0.39 is 0 Å². The molecule has 5 nitrogen and oxygen atoms in total. The zero-order valence-corrected chi connectivity index (χ0v) is 18.1. The molecule has 2 aliphatic rings. The minimum atomic E-state index is -0.212. The van der Waals surface area contributed by atoms with Crippen molar-refractivity contribution in [2.75, 3.05) is 0 Å². The molecule has 1 amide bonds. The van der Waals surface area contributed by atoms with Crippen LogP contribution in [0.2, 0.25) is 0 Å². The first-order valence-electron chi connectivity index (χ1n) is 11.4. The van der Waals surface area contributed by atoms with E-state index in [1.165, 1.54) is 11.6 Å². The summed E-state index contributed by atoms with van der Waals surface area (Å²) < 4.78 is 13.8. The van der Waals surface area contributed by atoms with Gasteiger partial charge >= 0.3 is 0 Å². The van der Waals surface area contributed by atoms with E-state index in [0.29, 0.717) is 23.2 Å². The molecular formula is C26H27FN4O. The molecule has 2 fully saturated rings. The lowest BCUT2D eigenvalue weighted by atomic mass is 9.75. The third-order valence-electron chi connectivity index (χ3n) is 7.05. The van der Waals surface area contributed by atoms with Crippen LogP contribution in [-0.4, -0.2) is 26.4 Å². The van der Waals surface area contributed by atoms with E-state index >= 15 is 0 Å². The number of pyridine rings is 1. The highest BCUT2D eigenvalue weighted by molar-refractivity contribution is 5.94. The first-order chi connectivity index (χ1) is 15.5. The Morgan fingerprint density at radius 1 is 1.12 bits per heavy atom. The predicted molar refractivity (Wildman–Crippen MR) is 123 cm³/mol. The number of hydrogen-bond donors (Lipinski definition) is 1. The van der Waals surface area contributed by atoms with Crippen molar-refractivity contribution in [3.05, 3.63) is 72.2 Å². The van der Waals surface area contributed by atoms with Gasteiger partial charge in [0.25, 0.3) is 5.91 Å². The second-order valence-corrected chi connectivity index (χ2v) is 9.25. The Kier molecular flexibility index (Phi) is 5.45. The topological polar surface area (TPSA) is 67.8 Å². The maximum atomic E-state index is 13.8. The van der Waals surface area contributed by atoms with Gasteiger partial charge in [-0.15, -0.1) is 0 Å². The first-order valence-corrected chi connectivity index (χ1v) is 11.4. The van der Waals surface area contributed by atoms with Gasteiger partial charge in [-0.1, -0.05) is 6.58 Å². The summed E-state index contributed by atoms with van der Waals surface area (Å²) in [6, 6.07) is 6.90. The van der Waals surface area contributed by atoms with E-state index in [0.717, 1.165) is 55.8 Å². The molecule has 0 unspecified atom stereocenters. The van der Waals surface area contributed by atoms with E-state index in [4.69, 9.17) is 0 Å². The number of benzene rings is 1. The molecule has 2 aliphatic carbocycles. The summed E-state index contributed by atoms with van der Waals surface area (Å²) in [6.45, 7) is 3.64. The molecule has 6 heteroatoms. The minimum absolute atomic E-state index is 0.0851. The van der Waals surface area contributed by atoms with Crippen LogP contribution in [0.4, 0.5) is 4.39 Å². The van der Waals surface area contributed by atoms with Crippen molar-refractivity contribution in [3.8, 4) is 0 Å². The molecule has 164 valence electrons. The van der Waals surface area contributed by atoms with Crippen molar-refractivity contribution in [1.29, 1.82) is 0 Å². The SMILES string of the molecule is C=Cc1ncc(C(=O)NC2(C[C@H]3CC[C@@H](c4ccnc5ccc(F)cc54)CC3)CC2)cn1. The van der Waals surface area contributed by atoms with Gasteiger partial charge in [0, 0.05) is 29.5 Å². The van der Waals surface area contributed by atoms with Crippen LogP contribution in [0.15, 0.2) is 49.4 Å². The highest BCUT2D eigenvalue weighted by atomic mass is 19.1. The van der Waals surface area contributed by atoms with E-state index in [1.54, 1.807) is 30.6 Å². The van der Waals surface area contributed by atoms with E-state index in [-0.39, 0.29) is 17.3 Å². The van der Waals surface area contributed by atoms with Gasteiger partial charge in [-0.25, -0.2) is 14.4 Å². The van der Waals surface area contributed by atoms with Gasteiger partial charge in [0.05, 0.1) is 11.1 Å². The number of nitrogens with zero attached hydrogens (tertiary/aromatic N) is 3. The molecule has 2 heterocycles. The number of carbonyl (C=O) groups excluding carboxylic acids is 1. The predicted octanol–water partition coefficient (Wildman–Crippen LogP) is 5.43. The van der Waals surface area contributed by atoms with Gasteiger partial charge in [-0.3, -0.25) is 9.78 Å². The minimum Gasteiger partial charge on any atom is -0.346 e. The van der Waals surface area contributed by atoms with Gasteiger partial charge in [-0.05, 0) is 92.7 Å². The molecule has 3 aromatic rings. The molecule has 1 N–H and O–H groups in total. The zero-order chi connectivity index (χ0) is 22.1. The average Bonchev–Trinajstić information content (AvgIpc) is 3.58. The number of halogens is 1. The molecule has 0 atom stereocenters. The third-order valence-corrected chi connectivity index (χ3v) is 7.05. The van der Waals surface area contributed by atoms with Crippen molar-refractivity contribution in [3.63, 3.8) is 0 Å². The molecule has 0 spiro atoms. The maximum Gasteiger partial charge on any atom is 0.254 e.